The number of aryl methyl sites for hydroxylation is 2. The number of rotatable bonds is 3. The Bertz CT molecular complexity index is 511. The lowest BCUT2D eigenvalue weighted by Gasteiger charge is -2.07. The first kappa shape index (κ1) is 11.4. The minimum absolute atomic E-state index is 0.884. The van der Waals surface area contributed by atoms with Gasteiger partial charge in [-0.05, 0) is 47.9 Å². The van der Waals surface area contributed by atoms with E-state index in [-0.39, 0.29) is 0 Å². The molecule has 0 amide bonds. The molecule has 0 unspecified atom stereocenters. The topological polar surface area (TPSA) is 38.7 Å². The lowest BCUT2D eigenvalue weighted by Crippen LogP contribution is -1.84. The molecular formula is C12H12O3S. The fourth-order valence-corrected chi connectivity index (χ4v) is 2.13. The SMILES string of the molecule is Cc1ccc(C)c2cc(SOOO)ccc12. The molecule has 0 heterocycles. The Morgan fingerprint density at radius 1 is 1.00 bits per heavy atom. The van der Waals surface area contributed by atoms with Crippen LogP contribution in [0.3, 0.4) is 0 Å². The van der Waals surface area contributed by atoms with Crippen molar-refractivity contribution in [2.75, 3.05) is 0 Å². The standard InChI is InChI=1S/C12H12O3S/c1-8-3-4-9(2)12-7-10(16-15-14-13)5-6-11(8)12/h3-7,13H,1-2H3. The van der Waals surface area contributed by atoms with E-state index in [9.17, 15) is 0 Å². The second-order valence-corrected chi connectivity index (χ2v) is 4.41. The van der Waals surface area contributed by atoms with Crippen molar-refractivity contribution < 1.29 is 14.6 Å². The average molecular weight is 236 g/mol. The van der Waals surface area contributed by atoms with Gasteiger partial charge in [-0.1, -0.05) is 23.2 Å². The molecule has 16 heavy (non-hydrogen) atoms. The van der Waals surface area contributed by atoms with E-state index in [1.54, 1.807) is 0 Å². The van der Waals surface area contributed by atoms with Crippen LogP contribution in [0.5, 0.6) is 0 Å². The molecule has 3 nitrogen and oxygen atoms in total. The maximum Gasteiger partial charge on any atom is 0.0714 e. The first-order chi connectivity index (χ1) is 7.72. The van der Waals surface area contributed by atoms with Gasteiger partial charge in [0.1, 0.15) is 0 Å². The molecule has 0 aliphatic carbocycles. The minimum atomic E-state index is 0.884. The van der Waals surface area contributed by atoms with Gasteiger partial charge in [0.25, 0.3) is 0 Å². The fraction of sp³-hybridized carbons (Fsp3) is 0.167. The first-order valence-corrected chi connectivity index (χ1v) is 5.61. The number of fused-ring (bicyclic) bond motifs is 1. The van der Waals surface area contributed by atoms with Crippen molar-refractivity contribution >= 4 is 22.8 Å². The highest BCUT2D eigenvalue weighted by Gasteiger charge is 2.03. The Labute approximate surface area is 98.1 Å². The van der Waals surface area contributed by atoms with E-state index in [2.05, 4.69) is 35.4 Å². The Morgan fingerprint density at radius 3 is 2.38 bits per heavy atom. The van der Waals surface area contributed by atoms with Gasteiger partial charge in [0, 0.05) is 4.90 Å². The molecule has 0 radical (unpaired) electrons. The van der Waals surface area contributed by atoms with Crippen molar-refractivity contribution in [3.63, 3.8) is 0 Å². The highest BCUT2D eigenvalue weighted by Crippen LogP contribution is 2.28. The summed E-state index contributed by atoms with van der Waals surface area (Å²) in [6, 6.07) is 10.2. The zero-order valence-electron chi connectivity index (χ0n) is 9.06. The molecule has 0 aromatic heterocycles. The summed E-state index contributed by atoms with van der Waals surface area (Å²) in [7, 11) is 0. The van der Waals surface area contributed by atoms with Crippen molar-refractivity contribution in [1.82, 2.24) is 0 Å². The summed E-state index contributed by atoms with van der Waals surface area (Å²) in [5.74, 6) is 0. The smallest absolute Gasteiger partial charge is 0.0714 e. The predicted molar refractivity (Wildman–Crippen MR) is 64.1 cm³/mol. The van der Waals surface area contributed by atoms with Crippen LogP contribution in [-0.4, -0.2) is 5.26 Å². The van der Waals surface area contributed by atoms with E-state index in [0.29, 0.717) is 0 Å². The van der Waals surface area contributed by atoms with E-state index in [4.69, 9.17) is 5.26 Å². The van der Waals surface area contributed by atoms with E-state index < -0.39 is 0 Å². The number of hydrogen-bond acceptors (Lipinski definition) is 4. The van der Waals surface area contributed by atoms with E-state index in [0.717, 1.165) is 16.9 Å². The first-order valence-electron chi connectivity index (χ1n) is 4.87. The normalized spacial score (nSPS) is 10.9. The van der Waals surface area contributed by atoms with Gasteiger partial charge >= 0.3 is 0 Å². The zero-order valence-corrected chi connectivity index (χ0v) is 9.88. The van der Waals surface area contributed by atoms with Gasteiger partial charge in [0.15, 0.2) is 0 Å². The molecule has 2 aromatic rings. The average Bonchev–Trinajstić information content (AvgIpc) is 2.31. The summed E-state index contributed by atoms with van der Waals surface area (Å²) in [5, 5.41) is 14.1. The summed E-state index contributed by atoms with van der Waals surface area (Å²) in [6.45, 7) is 4.15. The van der Waals surface area contributed by atoms with Gasteiger partial charge in [-0.15, -0.1) is 4.33 Å². The second kappa shape index (κ2) is 4.84. The van der Waals surface area contributed by atoms with Gasteiger partial charge in [0.2, 0.25) is 0 Å². The van der Waals surface area contributed by atoms with Crippen LogP contribution in [-0.2, 0) is 9.37 Å². The summed E-state index contributed by atoms with van der Waals surface area (Å²) in [6.07, 6.45) is 0. The van der Waals surface area contributed by atoms with E-state index >= 15 is 0 Å². The molecule has 84 valence electrons. The van der Waals surface area contributed by atoms with Crippen molar-refractivity contribution in [3.05, 3.63) is 41.5 Å². The Hall–Kier alpha value is -1.07. The third-order valence-electron chi connectivity index (χ3n) is 2.58. The van der Waals surface area contributed by atoms with Crippen molar-refractivity contribution in [1.29, 1.82) is 0 Å². The van der Waals surface area contributed by atoms with Crippen LogP contribution in [0.2, 0.25) is 0 Å². The number of benzene rings is 2. The third-order valence-corrected chi connectivity index (χ3v) is 3.16. The molecule has 2 aromatic carbocycles. The van der Waals surface area contributed by atoms with Crippen molar-refractivity contribution in [3.8, 4) is 0 Å². The van der Waals surface area contributed by atoms with Gasteiger partial charge in [0.05, 0.1) is 12.0 Å². The lowest BCUT2D eigenvalue weighted by molar-refractivity contribution is -0.432. The molecule has 0 spiro atoms. The Balaban J connectivity index is 2.48. The van der Waals surface area contributed by atoms with Crippen LogP contribution in [0.25, 0.3) is 10.8 Å². The largest absolute Gasteiger partial charge is 0.220 e. The van der Waals surface area contributed by atoms with Crippen molar-refractivity contribution in [2.45, 2.75) is 18.7 Å². The monoisotopic (exact) mass is 236 g/mol. The molecule has 2 rings (SSSR count). The van der Waals surface area contributed by atoms with E-state index in [1.807, 2.05) is 18.2 Å². The van der Waals surface area contributed by atoms with Gasteiger partial charge in [-0.25, -0.2) is 5.26 Å². The molecule has 0 bridgehead atoms. The predicted octanol–water partition coefficient (Wildman–Crippen LogP) is 3.88. The van der Waals surface area contributed by atoms with Crippen molar-refractivity contribution in [2.24, 2.45) is 0 Å². The molecule has 0 atom stereocenters. The highest BCUT2D eigenvalue weighted by molar-refractivity contribution is 7.94. The van der Waals surface area contributed by atoms with Gasteiger partial charge in [-0.2, -0.15) is 0 Å². The third kappa shape index (κ3) is 2.20. The molecular weight excluding hydrogens is 224 g/mol. The van der Waals surface area contributed by atoms with Crippen LogP contribution in [0.15, 0.2) is 35.2 Å². The summed E-state index contributed by atoms with van der Waals surface area (Å²) < 4.78 is 4.41. The van der Waals surface area contributed by atoms with Crippen LogP contribution < -0.4 is 0 Å². The lowest BCUT2D eigenvalue weighted by atomic mass is 10.0. The maximum atomic E-state index is 8.10. The summed E-state index contributed by atoms with van der Waals surface area (Å²) >= 11 is 0.978. The molecule has 0 aliphatic rings. The second-order valence-electron chi connectivity index (χ2n) is 3.63. The van der Waals surface area contributed by atoms with Gasteiger partial charge in [-0.3, -0.25) is 0 Å². The zero-order chi connectivity index (χ0) is 11.5. The van der Waals surface area contributed by atoms with Crippen LogP contribution >= 0.6 is 12.0 Å². The molecule has 0 aliphatic heterocycles. The Kier molecular flexibility index (Phi) is 3.46. The highest BCUT2D eigenvalue weighted by atomic mass is 32.2. The molecule has 0 fully saturated rings. The van der Waals surface area contributed by atoms with E-state index in [1.165, 1.54) is 21.9 Å². The maximum absolute atomic E-state index is 8.10. The van der Waals surface area contributed by atoms with Crippen LogP contribution in [0, 0.1) is 13.8 Å². The quantitative estimate of drug-likeness (QED) is 0.498. The van der Waals surface area contributed by atoms with Crippen LogP contribution in [0.1, 0.15) is 11.1 Å². The molecule has 0 saturated carbocycles. The fourth-order valence-electron chi connectivity index (χ4n) is 1.73. The summed E-state index contributed by atoms with van der Waals surface area (Å²) in [4.78, 5) is 0.884. The molecule has 1 N–H and O–H groups in total. The molecule has 4 heteroatoms. The van der Waals surface area contributed by atoms with Gasteiger partial charge < -0.3 is 0 Å². The summed E-state index contributed by atoms with van der Waals surface area (Å²) in [5.41, 5.74) is 2.46. The molecule has 0 saturated heterocycles. The van der Waals surface area contributed by atoms with Crippen LogP contribution in [0.4, 0.5) is 0 Å². The minimum Gasteiger partial charge on any atom is -0.220 e. The Morgan fingerprint density at radius 2 is 1.69 bits per heavy atom. The number of hydrogen-bond donors (Lipinski definition) is 1.